The fourth-order valence-corrected chi connectivity index (χ4v) is 3.70. The monoisotopic (exact) mass is 344 g/mol. The lowest BCUT2D eigenvalue weighted by molar-refractivity contribution is 0.0692. The van der Waals surface area contributed by atoms with E-state index >= 15 is 0 Å². The van der Waals surface area contributed by atoms with E-state index < -0.39 is 5.97 Å². The highest BCUT2D eigenvalue weighted by molar-refractivity contribution is 5.94. The Labute approximate surface area is 149 Å². The average molecular weight is 344 g/mol. The fraction of sp³-hybridized carbons (Fsp3) is 0.476. The second-order valence-corrected chi connectivity index (χ2v) is 6.93. The number of carbonyl (C=O) groups is 1. The molecule has 0 radical (unpaired) electrons. The Morgan fingerprint density at radius 1 is 1.36 bits per heavy atom. The molecule has 0 saturated heterocycles. The van der Waals surface area contributed by atoms with Gasteiger partial charge in [0.05, 0.1) is 0 Å². The number of carboxylic acid groups (broad SMARTS) is 1. The van der Waals surface area contributed by atoms with Crippen LogP contribution in [-0.4, -0.2) is 21.3 Å². The van der Waals surface area contributed by atoms with E-state index in [0.717, 1.165) is 32.1 Å². The number of hydrogen-bond acceptors (Lipinski definition) is 3. The molecule has 0 heterocycles. The maximum atomic E-state index is 11.8. The number of allylic oxidation sites excluding steroid dienone is 3. The normalized spacial score (nSPS) is 20.2. The highest BCUT2D eigenvalue weighted by Crippen LogP contribution is 2.46. The van der Waals surface area contributed by atoms with Gasteiger partial charge < -0.3 is 15.3 Å². The van der Waals surface area contributed by atoms with Crippen LogP contribution in [0.1, 0.15) is 73.4 Å². The third-order valence-electron chi connectivity index (χ3n) is 5.10. The molecule has 1 aromatic carbocycles. The Balaban J connectivity index is 2.55. The van der Waals surface area contributed by atoms with E-state index in [1.807, 2.05) is 19.1 Å². The number of benzene rings is 1. The van der Waals surface area contributed by atoms with Crippen LogP contribution in [0.25, 0.3) is 0 Å². The average Bonchev–Trinajstić information content (AvgIpc) is 2.54. The number of hydrogen-bond donors (Lipinski definition) is 3. The van der Waals surface area contributed by atoms with Crippen LogP contribution in [0.3, 0.4) is 0 Å². The van der Waals surface area contributed by atoms with Crippen LogP contribution < -0.4 is 0 Å². The Morgan fingerprint density at radius 3 is 2.68 bits per heavy atom. The summed E-state index contributed by atoms with van der Waals surface area (Å²) in [6.45, 7) is 7.94. The number of carboxylic acids is 1. The first-order valence-electron chi connectivity index (χ1n) is 9.01. The van der Waals surface area contributed by atoms with Crippen molar-refractivity contribution >= 4 is 5.97 Å². The van der Waals surface area contributed by atoms with E-state index in [2.05, 4.69) is 13.5 Å². The van der Waals surface area contributed by atoms with E-state index in [9.17, 15) is 20.1 Å². The van der Waals surface area contributed by atoms with Crippen molar-refractivity contribution in [2.24, 2.45) is 5.92 Å². The molecule has 0 saturated carbocycles. The predicted octanol–water partition coefficient (Wildman–Crippen LogP) is 5.15. The molecule has 25 heavy (non-hydrogen) atoms. The lowest BCUT2D eigenvalue weighted by Gasteiger charge is -2.29. The summed E-state index contributed by atoms with van der Waals surface area (Å²) in [5.74, 6) is -1.68. The SMILES string of the molecule is C=CC1CCC(C)=CC1c1c(O)cc(CCCCC)c(C(=O)O)c1O. The molecule has 4 heteroatoms. The van der Waals surface area contributed by atoms with Gasteiger partial charge in [-0.05, 0) is 50.2 Å². The summed E-state index contributed by atoms with van der Waals surface area (Å²) >= 11 is 0. The molecule has 2 unspecified atom stereocenters. The molecular formula is C21H28O4. The van der Waals surface area contributed by atoms with Crippen LogP contribution >= 0.6 is 0 Å². The Kier molecular flexibility index (Phi) is 6.29. The van der Waals surface area contributed by atoms with Crippen LogP contribution in [0.2, 0.25) is 0 Å². The number of aromatic hydroxyl groups is 2. The number of aromatic carboxylic acids is 1. The van der Waals surface area contributed by atoms with Gasteiger partial charge in [-0.2, -0.15) is 0 Å². The molecule has 2 atom stereocenters. The summed E-state index contributed by atoms with van der Waals surface area (Å²) in [7, 11) is 0. The highest BCUT2D eigenvalue weighted by Gasteiger charge is 2.31. The standard InChI is InChI=1S/C21H28O4/c1-4-6-7-8-15-12-17(22)19(20(23)18(15)21(24)25)16-11-13(3)9-10-14(16)5-2/h5,11-12,14,16,22-23H,2,4,6-10H2,1,3H3,(H,24,25). The molecule has 0 amide bonds. The summed E-state index contributed by atoms with van der Waals surface area (Å²) < 4.78 is 0. The Morgan fingerprint density at radius 2 is 2.08 bits per heavy atom. The second kappa shape index (κ2) is 8.24. The number of unbranched alkanes of at least 4 members (excludes halogenated alkanes) is 2. The molecule has 2 rings (SSSR count). The molecule has 1 aliphatic rings. The molecule has 1 aromatic rings. The van der Waals surface area contributed by atoms with Gasteiger partial charge in [0, 0.05) is 11.5 Å². The number of aryl methyl sites for hydroxylation is 1. The molecule has 0 aromatic heterocycles. The summed E-state index contributed by atoms with van der Waals surface area (Å²) in [4.78, 5) is 11.8. The van der Waals surface area contributed by atoms with E-state index in [0.29, 0.717) is 17.5 Å². The van der Waals surface area contributed by atoms with Crippen molar-refractivity contribution in [3.63, 3.8) is 0 Å². The zero-order chi connectivity index (χ0) is 18.6. The minimum Gasteiger partial charge on any atom is -0.507 e. The molecule has 0 spiro atoms. The zero-order valence-electron chi connectivity index (χ0n) is 15.1. The molecule has 3 N–H and O–H groups in total. The topological polar surface area (TPSA) is 77.8 Å². The first-order valence-corrected chi connectivity index (χ1v) is 9.01. The largest absolute Gasteiger partial charge is 0.507 e. The van der Waals surface area contributed by atoms with Gasteiger partial charge in [0.15, 0.2) is 0 Å². The minimum absolute atomic E-state index is 0.0307. The van der Waals surface area contributed by atoms with Gasteiger partial charge in [-0.1, -0.05) is 37.5 Å². The van der Waals surface area contributed by atoms with Crippen LogP contribution in [0.15, 0.2) is 30.4 Å². The highest BCUT2D eigenvalue weighted by atomic mass is 16.4. The zero-order valence-corrected chi connectivity index (χ0v) is 15.1. The third-order valence-corrected chi connectivity index (χ3v) is 5.10. The van der Waals surface area contributed by atoms with Crippen molar-refractivity contribution in [2.45, 2.75) is 58.3 Å². The quantitative estimate of drug-likeness (QED) is 0.472. The fourth-order valence-electron chi connectivity index (χ4n) is 3.70. The van der Waals surface area contributed by atoms with Gasteiger partial charge in [0.2, 0.25) is 0 Å². The minimum atomic E-state index is -1.16. The summed E-state index contributed by atoms with van der Waals surface area (Å²) in [5, 5.41) is 30.9. The lowest BCUT2D eigenvalue weighted by Crippen LogP contribution is -2.16. The predicted molar refractivity (Wildman–Crippen MR) is 99.4 cm³/mol. The van der Waals surface area contributed by atoms with E-state index in [1.54, 1.807) is 0 Å². The van der Waals surface area contributed by atoms with E-state index in [4.69, 9.17) is 0 Å². The maximum absolute atomic E-state index is 11.8. The van der Waals surface area contributed by atoms with Crippen LogP contribution in [0.4, 0.5) is 0 Å². The number of phenolic OH excluding ortho intramolecular Hbond substituents is 1. The van der Waals surface area contributed by atoms with Crippen molar-refractivity contribution in [1.82, 2.24) is 0 Å². The lowest BCUT2D eigenvalue weighted by atomic mass is 9.76. The van der Waals surface area contributed by atoms with Gasteiger partial charge >= 0.3 is 5.97 Å². The molecule has 0 bridgehead atoms. The third kappa shape index (κ3) is 4.06. The summed E-state index contributed by atoms with van der Waals surface area (Å²) in [6, 6.07) is 1.52. The molecular weight excluding hydrogens is 316 g/mol. The van der Waals surface area contributed by atoms with Crippen LogP contribution in [0, 0.1) is 5.92 Å². The van der Waals surface area contributed by atoms with Gasteiger partial charge in [0.25, 0.3) is 0 Å². The van der Waals surface area contributed by atoms with Crippen molar-refractivity contribution in [1.29, 1.82) is 0 Å². The van der Waals surface area contributed by atoms with E-state index in [1.165, 1.54) is 11.6 Å². The maximum Gasteiger partial charge on any atom is 0.339 e. The van der Waals surface area contributed by atoms with Crippen molar-refractivity contribution in [3.8, 4) is 11.5 Å². The van der Waals surface area contributed by atoms with Gasteiger partial charge in [0.1, 0.15) is 17.1 Å². The number of phenols is 2. The second-order valence-electron chi connectivity index (χ2n) is 6.93. The first kappa shape index (κ1) is 19.1. The Bertz CT molecular complexity index is 688. The van der Waals surface area contributed by atoms with Crippen molar-refractivity contribution < 1.29 is 20.1 Å². The first-order chi connectivity index (χ1) is 11.9. The molecule has 4 nitrogen and oxygen atoms in total. The van der Waals surface area contributed by atoms with E-state index in [-0.39, 0.29) is 28.9 Å². The molecule has 136 valence electrons. The van der Waals surface area contributed by atoms with Gasteiger partial charge in [-0.15, -0.1) is 6.58 Å². The van der Waals surface area contributed by atoms with Gasteiger partial charge in [-0.25, -0.2) is 4.79 Å². The van der Waals surface area contributed by atoms with Crippen molar-refractivity contribution in [3.05, 3.63) is 47.1 Å². The summed E-state index contributed by atoms with van der Waals surface area (Å²) in [6.07, 6.45) is 8.99. The van der Waals surface area contributed by atoms with Crippen molar-refractivity contribution in [2.75, 3.05) is 0 Å². The molecule has 1 aliphatic carbocycles. The van der Waals surface area contributed by atoms with Gasteiger partial charge in [-0.3, -0.25) is 0 Å². The van der Waals surface area contributed by atoms with Crippen LogP contribution in [-0.2, 0) is 6.42 Å². The molecule has 0 fully saturated rings. The summed E-state index contributed by atoms with van der Waals surface area (Å²) in [5.41, 5.74) is 1.89. The Hall–Kier alpha value is -2.23. The smallest absolute Gasteiger partial charge is 0.339 e. The number of rotatable bonds is 7. The van der Waals surface area contributed by atoms with Crippen LogP contribution in [0.5, 0.6) is 11.5 Å². The molecule has 0 aliphatic heterocycles.